The van der Waals surface area contributed by atoms with Crippen LogP contribution < -0.4 is 0 Å². The van der Waals surface area contributed by atoms with Gasteiger partial charge in [-0.05, 0) is 6.07 Å². The predicted octanol–water partition coefficient (Wildman–Crippen LogP) is 1.99. The number of aliphatic hydroxyl groups is 2. The Labute approximate surface area is 107 Å². The van der Waals surface area contributed by atoms with E-state index in [0.717, 1.165) is 22.0 Å². The first-order valence-electron chi connectivity index (χ1n) is 5.13. The second-order valence-electron chi connectivity index (χ2n) is 3.51. The van der Waals surface area contributed by atoms with Crippen molar-refractivity contribution in [2.24, 2.45) is 0 Å². The van der Waals surface area contributed by atoms with Crippen molar-refractivity contribution in [2.75, 3.05) is 12.4 Å². The van der Waals surface area contributed by atoms with Gasteiger partial charge in [0, 0.05) is 22.4 Å². The second-order valence-corrected chi connectivity index (χ2v) is 5.40. The Balaban J connectivity index is 1.87. The Morgan fingerprint density at radius 1 is 1.53 bits per heavy atom. The molecule has 0 radical (unpaired) electrons. The summed E-state index contributed by atoms with van der Waals surface area (Å²) in [5.41, 5.74) is 1.97. The molecule has 17 heavy (non-hydrogen) atoms. The minimum Gasteiger partial charge on any atom is -0.472 e. The SMILES string of the molecule is OC[C@H](O)CSCc1csc(-c2ccoc2)n1. The van der Waals surface area contributed by atoms with Gasteiger partial charge < -0.3 is 14.6 Å². The lowest BCUT2D eigenvalue weighted by molar-refractivity contribution is 0.113. The molecule has 6 heteroatoms. The summed E-state index contributed by atoms with van der Waals surface area (Å²) in [5.74, 6) is 1.26. The van der Waals surface area contributed by atoms with Crippen molar-refractivity contribution in [3.63, 3.8) is 0 Å². The molecule has 0 aliphatic rings. The third-order valence-electron chi connectivity index (χ3n) is 2.09. The maximum absolute atomic E-state index is 9.19. The monoisotopic (exact) mass is 271 g/mol. The largest absolute Gasteiger partial charge is 0.472 e. The quantitative estimate of drug-likeness (QED) is 0.841. The molecule has 0 aliphatic heterocycles. The Morgan fingerprint density at radius 2 is 2.41 bits per heavy atom. The van der Waals surface area contributed by atoms with Crippen molar-refractivity contribution in [1.82, 2.24) is 4.98 Å². The van der Waals surface area contributed by atoms with Crippen molar-refractivity contribution in [3.05, 3.63) is 29.7 Å². The standard InChI is InChI=1S/C11H13NO3S2/c13-3-10(14)7-16-5-9-6-17-11(12-9)8-1-2-15-4-8/h1-2,4,6,10,13-14H,3,5,7H2/t10-/m0/s1. The lowest BCUT2D eigenvalue weighted by Gasteiger charge is -2.04. The molecule has 1 atom stereocenters. The molecule has 0 aliphatic carbocycles. The van der Waals surface area contributed by atoms with Crippen LogP contribution in [0.1, 0.15) is 5.69 Å². The molecule has 4 nitrogen and oxygen atoms in total. The van der Waals surface area contributed by atoms with E-state index in [2.05, 4.69) is 4.98 Å². The normalized spacial score (nSPS) is 12.8. The summed E-state index contributed by atoms with van der Waals surface area (Å²) in [4.78, 5) is 4.47. The van der Waals surface area contributed by atoms with Gasteiger partial charge in [0.2, 0.25) is 0 Å². The van der Waals surface area contributed by atoms with Gasteiger partial charge in [0.25, 0.3) is 0 Å². The highest BCUT2D eigenvalue weighted by Gasteiger charge is 2.07. The van der Waals surface area contributed by atoms with Gasteiger partial charge in [0.1, 0.15) is 11.3 Å². The minimum absolute atomic E-state index is 0.190. The average molecular weight is 271 g/mol. The van der Waals surface area contributed by atoms with Crippen molar-refractivity contribution >= 4 is 23.1 Å². The number of aromatic nitrogens is 1. The van der Waals surface area contributed by atoms with Crippen LogP contribution in [-0.4, -0.2) is 33.7 Å². The molecule has 0 saturated carbocycles. The molecule has 2 N–H and O–H groups in total. The molecule has 0 spiro atoms. The van der Waals surface area contributed by atoms with Crippen LogP contribution in [0, 0.1) is 0 Å². The number of hydrogen-bond donors (Lipinski definition) is 2. The molecule has 92 valence electrons. The van der Waals surface area contributed by atoms with Gasteiger partial charge in [-0.15, -0.1) is 11.3 Å². The third-order valence-corrected chi connectivity index (χ3v) is 4.15. The smallest absolute Gasteiger partial charge is 0.126 e. The number of furan rings is 1. The maximum atomic E-state index is 9.19. The Hall–Kier alpha value is -0.820. The van der Waals surface area contributed by atoms with E-state index in [1.807, 2.05) is 11.4 Å². The van der Waals surface area contributed by atoms with Gasteiger partial charge in [-0.25, -0.2) is 4.98 Å². The van der Waals surface area contributed by atoms with Crippen molar-refractivity contribution in [1.29, 1.82) is 0 Å². The van der Waals surface area contributed by atoms with Gasteiger partial charge in [0.05, 0.1) is 24.7 Å². The van der Waals surface area contributed by atoms with Crippen LogP contribution in [0.2, 0.25) is 0 Å². The van der Waals surface area contributed by atoms with E-state index in [4.69, 9.17) is 9.52 Å². The van der Waals surface area contributed by atoms with E-state index in [-0.39, 0.29) is 6.61 Å². The van der Waals surface area contributed by atoms with Crippen LogP contribution in [0.5, 0.6) is 0 Å². The molecular weight excluding hydrogens is 258 g/mol. The summed E-state index contributed by atoms with van der Waals surface area (Å²) in [5, 5.41) is 20.8. The Morgan fingerprint density at radius 3 is 3.12 bits per heavy atom. The van der Waals surface area contributed by atoms with E-state index >= 15 is 0 Å². The van der Waals surface area contributed by atoms with Crippen LogP contribution in [0.15, 0.2) is 28.4 Å². The second kappa shape index (κ2) is 6.20. The van der Waals surface area contributed by atoms with E-state index < -0.39 is 6.10 Å². The van der Waals surface area contributed by atoms with E-state index in [0.29, 0.717) is 5.75 Å². The summed E-state index contributed by atoms with van der Waals surface area (Å²) < 4.78 is 5.01. The molecule has 0 bridgehead atoms. The minimum atomic E-state index is -0.646. The van der Waals surface area contributed by atoms with Crippen LogP contribution in [-0.2, 0) is 5.75 Å². The molecular formula is C11H13NO3S2. The zero-order valence-corrected chi connectivity index (χ0v) is 10.7. The molecule has 0 saturated heterocycles. The Kier molecular flexibility index (Phi) is 4.61. The fourth-order valence-corrected chi connectivity index (χ4v) is 3.01. The highest BCUT2D eigenvalue weighted by Crippen LogP contribution is 2.25. The van der Waals surface area contributed by atoms with Crippen molar-refractivity contribution < 1.29 is 14.6 Å². The number of rotatable bonds is 6. The van der Waals surface area contributed by atoms with E-state index in [1.165, 1.54) is 0 Å². The number of hydrogen-bond acceptors (Lipinski definition) is 6. The van der Waals surface area contributed by atoms with Crippen molar-refractivity contribution in [2.45, 2.75) is 11.9 Å². The van der Waals surface area contributed by atoms with Crippen LogP contribution in [0.4, 0.5) is 0 Å². The number of thiazole rings is 1. The summed E-state index contributed by atoms with van der Waals surface area (Å²) in [6.45, 7) is -0.190. The zero-order valence-electron chi connectivity index (χ0n) is 9.07. The van der Waals surface area contributed by atoms with Gasteiger partial charge in [-0.3, -0.25) is 0 Å². The topological polar surface area (TPSA) is 66.5 Å². The van der Waals surface area contributed by atoms with Crippen LogP contribution in [0.25, 0.3) is 10.6 Å². The van der Waals surface area contributed by atoms with E-state index in [1.54, 1.807) is 35.6 Å². The van der Waals surface area contributed by atoms with Crippen LogP contribution >= 0.6 is 23.1 Å². The lowest BCUT2D eigenvalue weighted by Crippen LogP contribution is -2.14. The molecule has 0 fully saturated rings. The fraction of sp³-hybridized carbons (Fsp3) is 0.364. The number of nitrogens with zero attached hydrogens (tertiary/aromatic N) is 1. The predicted molar refractivity (Wildman–Crippen MR) is 69.1 cm³/mol. The molecule has 2 heterocycles. The first kappa shape index (κ1) is 12.6. The van der Waals surface area contributed by atoms with Gasteiger partial charge in [-0.1, -0.05) is 0 Å². The van der Waals surface area contributed by atoms with Crippen molar-refractivity contribution in [3.8, 4) is 10.6 Å². The maximum Gasteiger partial charge on any atom is 0.126 e. The highest BCUT2D eigenvalue weighted by molar-refractivity contribution is 7.98. The lowest BCUT2D eigenvalue weighted by atomic mass is 10.4. The van der Waals surface area contributed by atoms with Crippen LogP contribution in [0.3, 0.4) is 0 Å². The first-order chi connectivity index (χ1) is 8.29. The molecule has 0 unspecified atom stereocenters. The summed E-state index contributed by atoms with van der Waals surface area (Å²) in [7, 11) is 0. The fourth-order valence-electron chi connectivity index (χ4n) is 1.24. The average Bonchev–Trinajstić information content (AvgIpc) is 2.98. The highest BCUT2D eigenvalue weighted by atomic mass is 32.2. The number of aliphatic hydroxyl groups excluding tert-OH is 2. The molecule has 0 amide bonds. The number of thioether (sulfide) groups is 1. The third kappa shape index (κ3) is 3.57. The van der Waals surface area contributed by atoms with E-state index in [9.17, 15) is 5.11 Å². The summed E-state index contributed by atoms with van der Waals surface area (Å²) >= 11 is 3.14. The summed E-state index contributed by atoms with van der Waals surface area (Å²) in [6.07, 6.45) is 2.65. The zero-order chi connectivity index (χ0) is 12.1. The van der Waals surface area contributed by atoms with Gasteiger partial charge >= 0.3 is 0 Å². The molecule has 2 aromatic rings. The molecule has 0 aromatic carbocycles. The Bertz CT molecular complexity index is 441. The molecule has 2 rings (SSSR count). The van der Waals surface area contributed by atoms with Gasteiger partial charge in [0.15, 0.2) is 0 Å². The summed E-state index contributed by atoms with van der Waals surface area (Å²) in [6, 6.07) is 1.88. The van der Waals surface area contributed by atoms with Gasteiger partial charge in [-0.2, -0.15) is 11.8 Å². The molecule has 2 aromatic heterocycles. The first-order valence-corrected chi connectivity index (χ1v) is 7.16.